The van der Waals surface area contributed by atoms with Gasteiger partial charge in [0, 0.05) is 36.6 Å². The molecular weight excluding hydrogens is 504 g/mol. The van der Waals surface area contributed by atoms with Gasteiger partial charge in [0.05, 0.1) is 26.4 Å². The fraction of sp³-hybridized carbons (Fsp3) is 0.647. The van der Waals surface area contributed by atoms with Gasteiger partial charge >= 0.3 is 0 Å². The van der Waals surface area contributed by atoms with Gasteiger partial charge in [-0.2, -0.15) is 11.8 Å². The van der Waals surface area contributed by atoms with E-state index in [-0.39, 0.29) is 34.9 Å². The monoisotopic (exact) mass is 558 g/mol. The lowest BCUT2D eigenvalue weighted by Crippen LogP contribution is -2.27. The maximum Gasteiger partial charge on any atom is 0.0718 e. The van der Waals surface area contributed by atoms with E-state index in [1.54, 1.807) is 14.2 Å². The molecule has 2 aromatic rings. The van der Waals surface area contributed by atoms with Crippen molar-refractivity contribution in [2.75, 3.05) is 27.4 Å². The van der Waals surface area contributed by atoms with Crippen LogP contribution in [0.3, 0.4) is 0 Å². The minimum absolute atomic E-state index is 0.0433. The summed E-state index contributed by atoms with van der Waals surface area (Å²) in [5, 5.41) is 20.5. The van der Waals surface area contributed by atoms with Gasteiger partial charge in [-0.15, -0.1) is 0 Å². The molecule has 0 heterocycles. The molecule has 0 bridgehead atoms. The smallest absolute Gasteiger partial charge is 0.0718 e. The standard InChI is InChI=1S/C34H54O4S/c1-31(2,3)27-13-23(15-29(25(27)17-37-11)33(7,8)21-35)19-39-20-24-14-28(32(4,5)6)26(18-38-12)30(16-24)34(9,10)22-36/h13-16,35-36H,17-22H2,1-12H3. The Labute approximate surface area is 242 Å². The van der Waals surface area contributed by atoms with Crippen molar-refractivity contribution in [2.24, 2.45) is 0 Å². The van der Waals surface area contributed by atoms with Crippen molar-refractivity contribution in [2.45, 2.75) is 116 Å². The largest absolute Gasteiger partial charge is 0.395 e. The van der Waals surface area contributed by atoms with Gasteiger partial charge in [0.15, 0.2) is 0 Å². The van der Waals surface area contributed by atoms with Crippen molar-refractivity contribution >= 4 is 11.8 Å². The third-order valence-corrected chi connectivity index (χ3v) is 8.67. The molecule has 2 N–H and O–H groups in total. The Morgan fingerprint density at radius 3 is 1.13 bits per heavy atom. The van der Waals surface area contributed by atoms with E-state index in [0.717, 1.165) is 11.5 Å². The Morgan fingerprint density at radius 1 is 0.564 bits per heavy atom. The van der Waals surface area contributed by atoms with Gasteiger partial charge in [-0.25, -0.2) is 0 Å². The summed E-state index contributed by atoms with van der Waals surface area (Å²) in [6.45, 7) is 23.1. The summed E-state index contributed by atoms with van der Waals surface area (Å²) < 4.78 is 11.2. The molecule has 4 nitrogen and oxygen atoms in total. The third-order valence-electron chi connectivity index (χ3n) is 7.60. The molecule has 0 aliphatic heterocycles. The van der Waals surface area contributed by atoms with Crippen LogP contribution >= 0.6 is 11.8 Å². The third kappa shape index (κ3) is 8.33. The number of thioether (sulfide) groups is 1. The Balaban J connectivity index is 2.53. The van der Waals surface area contributed by atoms with E-state index in [4.69, 9.17) is 9.47 Å². The van der Waals surface area contributed by atoms with Crippen molar-refractivity contribution in [3.05, 3.63) is 68.8 Å². The predicted molar refractivity (Wildman–Crippen MR) is 167 cm³/mol. The second-order valence-corrected chi connectivity index (χ2v) is 15.3. The van der Waals surface area contributed by atoms with Crippen molar-refractivity contribution in [3.8, 4) is 0 Å². The SMILES string of the molecule is COCc1c(C(C)(C)C)cc(CSCc2cc(C(C)(C)C)c(COC)c(C(C)(C)CO)c2)cc1C(C)(C)CO. The number of hydrogen-bond donors (Lipinski definition) is 2. The highest BCUT2D eigenvalue weighted by molar-refractivity contribution is 7.97. The minimum atomic E-state index is -0.363. The molecular formula is C34H54O4S. The Kier molecular flexibility index (Phi) is 11.3. The molecule has 0 aromatic heterocycles. The maximum absolute atomic E-state index is 10.2. The van der Waals surface area contributed by atoms with Crippen LogP contribution in [-0.2, 0) is 55.9 Å². The molecule has 2 rings (SSSR count). The van der Waals surface area contributed by atoms with Crippen molar-refractivity contribution in [1.29, 1.82) is 0 Å². The predicted octanol–water partition coefficient (Wildman–Crippen LogP) is 7.55. The van der Waals surface area contributed by atoms with E-state index >= 15 is 0 Å². The first kappa shape index (κ1) is 33.8. The second kappa shape index (κ2) is 13.1. The zero-order chi connectivity index (χ0) is 29.8. The average molecular weight is 559 g/mol. The molecule has 0 amide bonds. The van der Waals surface area contributed by atoms with E-state index < -0.39 is 0 Å². The van der Waals surface area contributed by atoms with Crippen LogP contribution in [0.1, 0.15) is 114 Å². The summed E-state index contributed by atoms with van der Waals surface area (Å²) in [5.74, 6) is 1.74. The van der Waals surface area contributed by atoms with Crippen LogP contribution in [0.25, 0.3) is 0 Å². The molecule has 0 saturated heterocycles. The van der Waals surface area contributed by atoms with Gasteiger partial charge in [-0.3, -0.25) is 0 Å². The molecule has 0 saturated carbocycles. The summed E-state index contributed by atoms with van der Waals surface area (Å²) in [6.07, 6.45) is 0. The molecule has 0 atom stereocenters. The zero-order valence-electron chi connectivity index (χ0n) is 26.7. The second-order valence-electron chi connectivity index (χ2n) is 14.3. The van der Waals surface area contributed by atoms with Crippen molar-refractivity contribution < 1.29 is 19.7 Å². The molecule has 39 heavy (non-hydrogen) atoms. The summed E-state index contributed by atoms with van der Waals surface area (Å²) >= 11 is 1.90. The van der Waals surface area contributed by atoms with E-state index in [2.05, 4.69) is 93.5 Å². The van der Waals surface area contributed by atoms with Gasteiger partial charge in [-0.1, -0.05) is 93.5 Å². The summed E-state index contributed by atoms with van der Waals surface area (Å²) in [5.41, 5.74) is 9.01. The van der Waals surface area contributed by atoms with Crippen LogP contribution < -0.4 is 0 Å². The number of hydrogen-bond acceptors (Lipinski definition) is 5. The molecule has 0 spiro atoms. The lowest BCUT2D eigenvalue weighted by Gasteiger charge is -2.32. The highest BCUT2D eigenvalue weighted by Crippen LogP contribution is 2.39. The van der Waals surface area contributed by atoms with Crippen LogP contribution in [0.15, 0.2) is 24.3 Å². The Morgan fingerprint density at radius 2 is 0.872 bits per heavy atom. The lowest BCUT2D eigenvalue weighted by molar-refractivity contribution is 0.176. The number of aliphatic hydroxyl groups is 2. The number of aliphatic hydroxyl groups excluding tert-OH is 2. The fourth-order valence-electron chi connectivity index (χ4n) is 5.23. The van der Waals surface area contributed by atoms with E-state index in [9.17, 15) is 10.2 Å². The van der Waals surface area contributed by atoms with Gasteiger partial charge < -0.3 is 19.7 Å². The maximum atomic E-state index is 10.2. The van der Waals surface area contributed by atoms with Crippen molar-refractivity contribution in [1.82, 2.24) is 0 Å². The molecule has 0 aliphatic rings. The van der Waals surface area contributed by atoms with Crippen LogP contribution in [0.2, 0.25) is 0 Å². The molecule has 5 heteroatoms. The average Bonchev–Trinajstić information content (AvgIpc) is 2.84. The van der Waals surface area contributed by atoms with Gasteiger partial charge in [-0.05, 0) is 55.3 Å². The zero-order valence-corrected chi connectivity index (χ0v) is 27.5. The Hall–Kier alpha value is -1.37. The van der Waals surface area contributed by atoms with E-state index in [1.165, 1.54) is 44.5 Å². The first-order valence-corrected chi connectivity index (χ1v) is 15.2. The summed E-state index contributed by atoms with van der Waals surface area (Å²) in [7, 11) is 3.48. The number of rotatable bonds is 12. The lowest BCUT2D eigenvalue weighted by atomic mass is 9.75. The molecule has 220 valence electrons. The van der Waals surface area contributed by atoms with Gasteiger partial charge in [0.2, 0.25) is 0 Å². The number of ether oxygens (including phenoxy) is 2. The first-order valence-electron chi connectivity index (χ1n) is 14.0. The van der Waals surface area contributed by atoms with Crippen LogP contribution in [0.4, 0.5) is 0 Å². The van der Waals surface area contributed by atoms with Gasteiger partial charge in [0.1, 0.15) is 0 Å². The molecule has 0 fully saturated rings. The van der Waals surface area contributed by atoms with E-state index in [1.807, 2.05) is 11.8 Å². The molecule has 0 radical (unpaired) electrons. The van der Waals surface area contributed by atoms with Crippen LogP contribution in [-0.4, -0.2) is 37.6 Å². The highest BCUT2D eigenvalue weighted by atomic mass is 32.2. The normalized spacial score (nSPS) is 13.3. The fourth-order valence-corrected chi connectivity index (χ4v) is 6.14. The minimum Gasteiger partial charge on any atom is -0.395 e. The van der Waals surface area contributed by atoms with Crippen molar-refractivity contribution in [3.63, 3.8) is 0 Å². The molecule has 0 unspecified atom stereocenters. The topological polar surface area (TPSA) is 58.9 Å². The molecule has 0 aliphatic carbocycles. The van der Waals surface area contributed by atoms with Gasteiger partial charge in [0.25, 0.3) is 0 Å². The summed E-state index contributed by atoms with van der Waals surface area (Å²) in [6, 6.07) is 9.21. The summed E-state index contributed by atoms with van der Waals surface area (Å²) in [4.78, 5) is 0. The van der Waals surface area contributed by atoms with Crippen LogP contribution in [0, 0.1) is 0 Å². The number of benzene rings is 2. The van der Waals surface area contributed by atoms with E-state index in [0.29, 0.717) is 13.2 Å². The highest BCUT2D eigenvalue weighted by Gasteiger charge is 2.30. The molecule has 2 aromatic carbocycles. The quantitative estimate of drug-likeness (QED) is 0.282. The Bertz CT molecular complexity index is 1020. The first-order chi connectivity index (χ1) is 17.9. The van der Waals surface area contributed by atoms with Crippen LogP contribution in [0.5, 0.6) is 0 Å². The number of methoxy groups -OCH3 is 2.